The van der Waals surface area contributed by atoms with E-state index in [0.717, 1.165) is 6.20 Å². The highest BCUT2D eigenvalue weighted by molar-refractivity contribution is 5.46. The van der Waals surface area contributed by atoms with E-state index in [1.165, 1.54) is 0 Å². The molecule has 0 unspecified atom stereocenters. The van der Waals surface area contributed by atoms with Gasteiger partial charge in [0.1, 0.15) is 18.2 Å². The van der Waals surface area contributed by atoms with E-state index in [1.807, 2.05) is 0 Å². The number of aromatic nitrogens is 2. The minimum Gasteiger partial charge on any atom is -0.381 e. The van der Waals surface area contributed by atoms with Gasteiger partial charge >= 0.3 is 6.18 Å². The second-order valence-electron chi connectivity index (χ2n) is 2.35. The lowest BCUT2D eigenvalue weighted by Gasteiger charge is -2.04. The minimum absolute atomic E-state index is 0.0516. The minimum atomic E-state index is -4.36. The van der Waals surface area contributed by atoms with Gasteiger partial charge in [0.05, 0.1) is 0 Å². The van der Waals surface area contributed by atoms with Gasteiger partial charge in [0.2, 0.25) is 0 Å². The Morgan fingerprint density at radius 2 is 2.23 bits per heavy atom. The van der Waals surface area contributed by atoms with Crippen molar-refractivity contribution in [1.82, 2.24) is 9.78 Å². The van der Waals surface area contributed by atoms with Gasteiger partial charge in [-0.2, -0.15) is 23.5 Å². The quantitative estimate of drug-likeness (QED) is 0.715. The maximum atomic E-state index is 11.8. The zero-order chi connectivity index (χ0) is 10.1. The van der Waals surface area contributed by atoms with Crippen molar-refractivity contribution in [2.45, 2.75) is 12.7 Å². The third kappa shape index (κ3) is 2.37. The third-order valence-corrected chi connectivity index (χ3v) is 1.25. The molecule has 0 aromatic carbocycles. The molecule has 0 amide bonds. The average molecular weight is 190 g/mol. The average Bonchev–Trinajstić information content (AvgIpc) is 2.26. The monoisotopic (exact) mass is 190 g/mol. The lowest BCUT2D eigenvalue weighted by atomic mass is 10.4. The number of nitriles is 1. The Labute approximate surface area is 71.4 Å². The van der Waals surface area contributed by atoms with E-state index in [9.17, 15) is 13.2 Å². The molecule has 2 N–H and O–H groups in total. The van der Waals surface area contributed by atoms with Gasteiger partial charge in [0.25, 0.3) is 0 Å². The summed E-state index contributed by atoms with van der Waals surface area (Å²) in [5.41, 5.74) is 5.10. The number of nitrogen functional groups attached to an aromatic ring is 1. The van der Waals surface area contributed by atoms with Crippen LogP contribution in [-0.2, 0) is 6.54 Å². The second-order valence-corrected chi connectivity index (χ2v) is 2.35. The molecule has 1 heterocycles. The van der Waals surface area contributed by atoms with Crippen LogP contribution in [0.5, 0.6) is 0 Å². The van der Waals surface area contributed by atoms with Gasteiger partial charge in [-0.25, -0.2) is 0 Å². The lowest BCUT2D eigenvalue weighted by Crippen LogP contribution is -2.18. The number of rotatable bonds is 1. The van der Waals surface area contributed by atoms with Gasteiger partial charge < -0.3 is 5.73 Å². The Kier molecular flexibility index (Phi) is 2.14. The highest BCUT2D eigenvalue weighted by atomic mass is 19.4. The maximum Gasteiger partial charge on any atom is 0.408 e. The summed E-state index contributed by atoms with van der Waals surface area (Å²) in [7, 11) is 0. The van der Waals surface area contributed by atoms with E-state index in [1.54, 1.807) is 6.07 Å². The standard InChI is InChI=1S/C6H5F3N4/c7-6(8,9)3-13-2-4(1-10)5(11)12-13/h2H,3H2,(H2,11,12). The molecular formula is C6H5F3N4. The maximum absolute atomic E-state index is 11.8. The van der Waals surface area contributed by atoms with E-state index in [-0.39, 0.29) is 11.4 Å². The SMILES string of the molecule is N#Cc1cn(CC(F)(F)F)nc1N. The Balaban J connectivity index is 2.87. The van der Waals surface area contributed by atoms with Gasteiger partial charge in [-0.3, -0.25) is 4.68 Å². The molecule has 7 heteroatoms. The first-order chi connectivity index (χ1) is 5.92. The fourth-order valence-corrected chi connectivity index (χ4v) is 0.787. The first kappa shape index (κ1) is 9.38. The molecule has 0 aliphatic carbocycles. The molecule has 0 atom stereocenters. The van der Waals surface area contributed by atoms with Crippen molar-refractivity contribution >= 4 is 5.82 Å². The fraction of sp³-hybridized carbons (Fsp3) is 0.333. The topological polar surface area (TPSA) is 67.6 Å². The zero-order valence-electron chi connectivity index (χ0n) is 6.34. The van der Waals surface area contributed by atoms with Gasteiger partial charge in [0.15, 0.2) is 5.82 Å². The summed E-state index contributed by atoms with van der Waals surface area (Å²) in [6.07, 6.45) is -3.39. The van der Waals surface area contributed by atoms with Crippen LogP contribution in [0.1, 0.15) is 5.56 Å². The summed E-state index contributed by atoms with van der Waals surface area (Å²) in [6, 6.07) is 1.63. The second kappa shape index (κ2) is 2.97. The van der Waals surface area contributed by atoms with Gasteiger partial charge in [0, 0.05) is 6.20 Å². The highest BCUT2D eigenvalue weighted by Gasteiger charge is 2.28. The highest BCUT2D eigenvalue weighted by Crippen LogP contribution is 2.18. The van der Waals surface area contributed by atoms with Crippen LogP contribution in [0.2, 0.25) is 0 Å². The summed E-state index contributed by atoms with van der Waals surface area (Å²) in [5, 5.41) is 11.7. The number of alkyl halides is 3. The molecule has 1 aromatic heterocycles. The fourth-order valence-electron chi connectivity index (χ4n) is 0.787. The van der Waals surface area contributed by atoms with Crippen molar-refractivity contribution in [1.29, 1.82) is 5.26 Å². The molecule has 1 aromatic rings. The summed E-state index contributed by atoms with van der Waals surface area (Å²) < 4.78 is 36.0. The van der Waals surface area contributed by atoms with Crippen LogP contribution < -0.4 is 5.73 Å². The van der Waals surface area contributed by atoms with Gasteiger partial charge in [-0.1, -0.05) is 0 Å². The third-order valence-electron chi connectivity index (χ3n) is 1.25. The molecule has 0 spiro atoms. The predicted molar refractivity (Wildman–Crippen MR) is 37.4 cm³/mol. The van der Waals surface area contributed by atoms with Crippen LogP contribution in [-0.4, -0.2) is 16.0 Å². The van der Waals surface area contributed by atoms with Crippen LogP contribution in [0.25, 0.3) is 0 Å². The van der Waals surface area contributed by atoms with E-state index >= 15 is 0 Å². The Morgan fingerprint density at radius 3 is 2.62 bits per heavy atom. The Morgan fingerprint density at radius 1 is 1.62 bits per heavy atom. The van der Waals surface area contributed by atoms with Crippen molar-refractivity contribution in [2.75, 3.05) is 5.73 Å². The lowest BCUT2D eigenvalue weighted by molar-refractivity contribution is -0.142. The molecular weight excluding hydrogens is 185 g/mol. The van der Waals surface area contributed by atoms with Crippen LogP contribution in [0.15, 0.2) is 6.20 Å². The molecule has 0 radical (unpaired) electrons. The molecule has 70 valence electrons. The summed E-state index contributed by atoms with van der Waals surface area (Å²) in [6.45, 7) is -1.24. The van der Waals surface area contributed by atoms with Crippen molar-refractivity contribution < 1.29 is 13.2 Å². The first-order valence-electron chi connectivity index (χ1n) is 3.22. The zero-order valence-corrected chi connectivity index (χ0v) is 6.34. The largest absolute Gasteiger partial charge is 0.408 e. The van der Waals surface area contributed by atoms with Crippen LogP contribution in [0, 0.1) is 11.3 Å². The normalized spacial score (nSPS) is 11.2. The molecule has 0 aliphatic rings. The summed E-state index contributed by atoms with van der Waals surface area (Å²) >= 11 is 0. The number of nitrogens with two attached hydrogens (primary N) is 1. The number of hydrogen-bond acceptors (Lipinski definition) is 3. The molecule has 13 heavy (non-hydrogen) atoms. The molecule has 0 bridgehead atoms. The van der Waals surface area contributed by atoms with Gasteiger partial charge in [-0.15, -0.1) is 0 Å². The Bertz CT molecular complexity index is 346. The number of hydrogen-bond donors (Lipinski definition) is 1. The van der Waals surface area contributed by atoms with Gasteiger partial charge in [-0.05, 0) is 0 Å². The van der Waals surface area contributed by atoms with E-state index in [2.05, 4.69) is 5.10 Å². The van der Waals surface area contributed by atoms with Crippen molar-refractivity contribution in [3.8, 4) is 6.07 Å². The van der Waals surface area contributed by atoms with Crippen molar-refractivity contribution in [2.24, 2.45) is 0 Å². The number of halogens is 3. The smallest absolute Gasteiger partial charge is 0.381 e. The molecule has 1 rings (SSSR count). The van der Waals surface area contributed by atoms with E-state index < -0.39 is 12.7 Å². The van der Waals surface area contributed by atoms with Crippen molar-refractivity contribution in [3.05, 3.63) is 11.8 Å². The van der Waals surface area contributed by atoms with E-state index in [4.69, 9.17) is 11.0 Å². The first-order valence-corrected chi connectivity index (χ1v) is 3.22. The molecule has 0 saturated heterocycles. The van der Waals surface area contributed by atoms with Crippen LogP contribution >= 0.6 is 0 Å². The molecule has 0 fully saturated rings. The van der Waals surface area contributed by atoms with Crippen LogP contribution in [0.3, 0.4) is 0 Å². The predicted octanol–water partition coefficient (Wildman–Crippen LogP) is 0.899. The molecule has 0 saturated carbocycles. The summed E-state index contributed by atoms with van der Waals surface area (Å²) in [5.74, 6) is -0.188. The molecule has 4 nitrogen and oxygen atoms in total. The van der Waals surface area contributed by atoms with Crippen molar-refractivity contribution in [3.63, 3.8) is 0 Å². The Hall–Kier alpha value is -1.71. The number of anilines is 1. The summed E-state index contributed by atoms with van der Waals surface area (Å²) in [4.78, 5) is 0. The van der Waals surface area contributed by atoms with E-state index in [0.29, 0.717) is 4.68 Å². The van der Waals surface area contributed by atoms with Crippen LogP contribution in [0.4, 0.5) is 19.0 Å². The molecule has 0 aliphatic heterocycles. The number of nitrogens with zero attached hydrogens (tertiary/aromatic N) is 3.